The van der Waals surface area contributed by atoms with Crippen molar-refractivity contribution >= 4 is 11.6 Å². The lowest BCUT2D eigenvalue weighted by atomic mass is 10.1. The molecule has 0 aliphatic rings. The van der Waals surface area contributed by atoms with Crippen LogP contribution in [0.25, 0.3) is 0 Å². The van der Waals surface area contributed by atoms with Gasteiger partial charge in [0, 0.05) is 25.3 Å². The lowest BCUT2D eigenvalue weighted by Gasteiger charge is -2.30. The predicted octanol–water partition coefficient (Wildman–Crippen LogP) is 2.25. The molecule has 0 saturated carbocycles. The predicted molar refractivity (Wildman–Crippen MR) is 79.8 cm³/mol. The summed E-state index contributed by atoms with van der Waals surface area (Å²) in [6.45, 7) is 5.14. The number of hydrogen-bond acceptors (Lipinski definition) is 4. The van der Waals surface area contributed by atoms with Gasteiger partial charge in [0.15, 0.2) is 0 Å². The molecule has 0 aliphatic carbocycles. The molecule has 112 valence electrons. The molecule has 1 rings (SSSR count). The monoisotopic (exact) mass is 280 g/mol. The molecule has 3 N–H and O–H groups in total. The van der Waals surface area contributed by atoms with E-state index in [2.05, 4.69) is 13.8 Å². The van der Waals surface area contributed by atoms with E-state index in [1.54, 1.807) is 24.1 Å². The second-order valence-electron chi connectivity index (χ2n) is 4.74. The van der Waals surface area contributed by atoms with E-state index in [9.17, 15) is 9.90 Å². The summed E-state index contributed by atoms with van der Waals surface area (Å²) in [5.41, 5.74) is 6.28. The van der Waals surface area contributed by atoms with Gasteiger partial charge >= 0.3 is 0 Å². The number of nitrogens with two attached hydrogens (primary N) is 1. The highest BCUT2D eigenvalue weighted by Gasteiger charge is 2.22. The van der Waals surface area contributed by atoms with E-state index < -0.39 is 0 Å². The summed E-state index contributed by atoms with van der Waals surface area (Å²) in [5.74, 6) is -0.168. The van der Waals surface area contributed by atoms with Crippen LogP contribution in [0.3, 0.4) is 0 Å². The van der Waals surface area contributed by atoms with Crippen LogP contribution in [-0.2, 0) is 4.74 Å². The lowest BCUT2D eigenvalue weighted by molar-refractivity contribution is 0.0589. The quantitative estimate of drug-likeness (QED) is 0.593. The molecule has 1 aromatic rings. The molecular formula is C15H24N2O3. The number of aromatic hydroxyl groups is 1. The SMILES string of the molecule is CCC(CC)N(CCOC)C(=O)c1ccc(N)c(O)c1. The number of carbonyl (C=O) groups excluding carboxylic acids is 1. The third-order valence-corrected chi connectivity index (χ3v) is 3.46. The largest absolute Gasteiger partial charge is 0.506 e. The Morgan fingerprint density at radius 3 is 2.55 bits per heavy atom. The van der Waals surface area contributed by atoms with Gasteiger partial charge in [-0.15, -0.1) is 0 Å². The van der Waals surface area contributed by atoms with Crippen LogP contribution < -0.4 is 5.73 Å². The Hall–Kier alpha value is -1.75. The first-order chi connectivity index (χ1) is 9.54. The molecular weight excluding hydrogens is 256 g/mol. The highest BCUT2D eigenvalue weighted by Crippen LogP contribution is 2.22. The minimum atomic E-state index is -0.106. The van der Waals surface area contributed by atoms with Crippen molar-refractivity contribution in [3.8, 4) is 5.75 Å². The van der Waals surface area contributed by atoms with Crippen molar-refractivity contribution in [1.29, 1.82) is 0 Å². The number of methoxy groups -OCH3 is 1. The van der Waals surface area contributed by atoms with Crippen LogP contribution in [0.5, 0.6) is 5.75 Å². The number of ether oxygens (including phenoxy) is 1. The van der Waals surface area contributed by atoms with Gasteiger partial charge in [-0.2, -0.15) is 0 Å². The maximum absolute atomic E-state index is 12.6. The molecule has 1 amide bonds. The third kappa shape index (κ3) is 3.87. The molecule has 0 bridgehead atoms. The topological polar surface area (TPSA) is 75.8 Å². The molecule has 0 unspecified atom stereocenters. The van der Waals surface area contributed by atoms with Gasteiger partial charge in [0.05, 0.1) is 12.3 Å². The Kier molecular flexibility index (Phi) is 6.31. The van der Waals surface area contributed by atoms with Crippen molar-refractivity contribution in [3.05, 3.63) is 23.8 Å². The van der Waals surface area contributed by atoms with E-state index >= 15 is 0 Å². The van der Waals surface area contributed by atoms with Crippen molar-refractivity contribution in [3.63, 3.8) is 0 Å². The Labute approximate surface area is 120 Å². The van der Waals surface area contributed by atoms with E-state index in [-0.39, 0.29) is 23.4 Å². The molecule has 0 aliphatic heterocycles. The van der Waals surface area contributed by atoms with Gasteiger partial charge in [-0.05, 0) is 31.0 Å². The number of benzene rings is 1. The van der Waals surface area contributed by atoms with Gasteiger partial charge in [-0.25, -0.2) is 0 Å². The molecule has 0 spiro atoms. The minimum absolute atomic E-state index is 0.0629. The molecule has 5 nitrogen and oxygen atoms in total. The van der Waals surface area contributed by atoms with Gasteiger partial charge in [-0.3, -0.25) is 4.79 Å². The van der Waals surface area contributed by atoms with E-state index in [0.717, 1.165) is 12.8 Å². The summed E-state index contributed by atoms with van der Waals surface area (Å²) in [6.07, 6.45) is 1.76. The zero-order chi connectivity index (χ0) is 15.1. The van der Waals surface area contributed by atoms with Crippen LogP contribution in [0.1, 0.15) is 37.0 Å². The molecule has 0 aromatic heterocycles. The summed E-state index contributed by atoms with van der Waals surface area (Å²) in [7, 11) is 1.62. The average Bonchev–Trinajstić information content (AvgIpc) is 2.45. The fraction of sp³-hybridized carbons (Fsp3) is 0.533. The van der Waals surface area contributed by atoms with Crippen LogP contribution in [0.4, 0.5) is 5.69 Å². The summed E-state index contributed by atoms with van der Waals surface area (Å²) >= 11 is 0. The number of carbonyl (C=O) groups is 1. The number of phenolic OH excluding ortho intramolecular Hbond substituents is 1. The number of hydrogen-bond donors (Lipinski definition) is 2. The second kappa shape index (κ2) is 7.75. The van der Waals surface area contributed by atoms with Crippen molar-refractivity contribution < 1.29 is 14.6 Å². The lowest BCUT2D eigenvalue weighted by Crippen LogP contribution is -2.41. The minimum Gasteiger partial charge on any atom is -0.506 e. The van der Waals surface area contributed by atoms with Gasteiger partial charge in [0.1, 0.15) is 5.75 Å². The maximum Gasteiger partial charge on any atom is 0.254 e. The van der Waals surface area contributed by atoms with Crippen LogP contribution in [0.2, 0.25) is 0 Å². The average molecular weight is 280 g/mol. The third-order valence-electron chi connectivity index (χ3n) is 3.46. The van der Waals surface area contributed by atoms with Crippen LogP contribution >= 0.6 is 0 Å². The van der Waals surface area contributed by atoms with Crippen LogP contribution in [-0.4, -0.2) is 42.2 Å². The van der Waals surface area contributed by atoms with Gasteiger partial charge in [0.25, 0.3) is 5.91 Å². The molecule has 5 heteroatoms. The standard InChI is InChI=1S/C15H24N2O3/c1-4-12(5-2)17(8-9-20-3)15(19)11-6-7-13(16)14(18)10-11/h6-7,10,12,18H,4-5,8-9,16H2,1-3H3. The number of anilines is 1. The summed E-state index contributed by atoms with van der Waals surface area (Å²) in [6, 6.07) is 4.76. The number of amides is 1. The zero-order valence-electron chi connectivity index (χ0n) is 12.4. The Bertz CT molecular complexity index is 445. The zero-order valence-corrected chi connectivity index (χ0v) is 12.4. The molecule has 0 heterocycles. The highest BCUT2D eigenvalue weighted by atomic mass is 16.5. The summed E-state index contributed by atoms with van der Waals surface area (Å²) < 4.78 is 5.08. The van der Waals surface area contributed by atoms with Crippen molar-refractivity contribution in [2.45, 2.75) is 32.7 Å². The van der Waals surface area contributed by atoms with Crippen molar-refractivity contribution in [2.24, 2.45) is 0 Å². The van der Waals surface area contributed by atoms with Crippen LogP contribution in [0.15, 0.2) is 18.2 Å². The van der Waals surface area contributed by atoms with E-state index in [1.807, 2.05) is 0 Å². The molecule has 1 aromatic carbocycles. The normalized spacial score (nSPS) is 10.8. The first-order valence-electron chi connectivity index (χ1n) is 6.93. The van der Waals surface area contributed by atoms with Gasteiger partial charge in [-0.1, -0.05) is 13.8 Å². The van der Waals surface area contributed by atoms with E-state index in [1.165, 1.54) is 6.07 Å². The van der Waals surface area contributed by atoms with E-state index in [0.29, 0.717) is 18.7 Å². The van der Waals surface area contributed by atoms with Crippen molar-refractivity contribution in [2.75, 3.05) is 26.0 Å². The van der Waals surface area contributed by atoms with Gasteiger partial charge < -0.3 is 20.5 Å². The summed E-state index contributed by atoms with van der Waals surface area (Å²) in [5, 5.41) is 9.64. The number of phenols is 1. The number of rotatable bonds is 7. The Morgan fingerprint density at radius 2 is 2.05 bits per heavy atom. The molecule has 0 atom stereocenters. The first-order valence-corrected chi connectivity index (χ1v) is 6.93. The maximum atomic E-state index is 12.6. The number of nitrogens with zero attached hydrogens (tertiary/aromatic N) is 1. The number of nitrogen functional groups attached to an aromatic ring is 1. The van der Waals surface area contributed by atoms with Crippen LogP contribution in [0, 0.1) is 0 Å². The fourth-order valence-electron chi connectivity index (χ4n) is 2.21. The first kappa shape index (κ1) is 16.3. The fourth-order valence-corrected chi connectivity index (χ4v) is 2.21. The Balaban J connectivity index is 2.99. The second-order valence-corrected chi connectivity index (χ2v) is 4.74. The highest BCUT2D eigenvalue weighted by molar-refractivity contribution is 5.95. The molecule has 0 fully saturated rings. The van der Waals surface area contributed by atoms with Gasteiger partial charge in [0.2, 0.25) is 0 Å². The van der Waals surface area contributed by atoms with Crippen molar-refractivity contribution in [1.82, 2.24) is 4.90 Å². The summed E-state index contributed by atoms with van der Waals surface area (Å²) in [4.78, 5) is 14.4. The smallest absolute Gasteiger partial charge is 0.254 e. The van der Waals surface area contributed by atoms with E-state index in [4.69, 9.17) is 10.5 Å². The molecule has 0 radical (unpaired) electrons. The molecule has 20 heavy (non-hydrogen) atoms. The molecule has 0 saturated heterocycles. The Morgan fingerprint density at radius 1 is 1.40 bits per heavy atom.